The number of hydrogen-bond acceptors (Lipinski definition) is 3. The van der Waals surface area contributed by atoms with Crippen LogP contribution in [0.25, 0.3) is 0 Å². The van der Waals surface area contributed by atoms with Gasteiger partial charge in [-0.05, 0) is 43.4 Å². The zero-order valence-corrected chi connectivity index (χ0v) is 13.3. The minimum absolute atomic E-state index is 0.00116. The molecule has 2 fully saturated rings. The van der Waals surface area contributed by atoms with Gasteiger partial charge in [0.2, 0.25) is 5.91 Å². The number of Topliss-reactive ketones (excluding diaryl/α,β-unsaturated/α-hetero) is 1. The predicted molar refractivity (Wildman–Crippen MR) is 86.7 cm³/mol. The van der Waals surface area contributed by atoms with Crippen molar-refractivity contribution < 1.29 is 9.59 Å². The van der Waals surface area contributed by atoms with Crippen molar-refractivity contribution in [2.24, 2.45) is 5.92 Å². The quantitative estimate of drug-likeness (QED) is 0.871. The van der Waals surface area contributed by atoms with Gasteiger partial charge in [0.15, 0.2) is 0 Å². The zero-order chi connectivity index (χ0) is 15.7. The number of nitrogens with zero attached hydrogens (tertiary/aromatic N) is 1. The van der Waals surface area contributed by atoms with Gasteiger partial charge in [-0.2, -0.15) is 0 Å². The maximum atomic E-state index is 12.6. The molecule has 1 amide bonds. The van der Waals surface area contributed by atoms with Crippen molar-refractivity contribution in [3.05, 3.63) is 28.8 Å². The highest BCUT2D eigenvalue weighted by atomic mass is 35.5. The van der Waals surface area contributed by atoms with Crippen molar-refractivity contribution in [1.29, 1.82) is 0 Å². The van der Waals surface area contributed by atoms with Gasteiger partial charge in [0.1, 0.15) is 5.78 Å². The van der Waals surface area contributed by atoms with Crippen molar-refractivity contribution >= 4 is 29.0 Å². The molecule has 22 heavy (non-hydrogen) atoms. The van der Waals surface area contributed by atoms with Crippen LogP contribution in [-0.2, 0) is 16.0 Å². The SMILES string of the molecule is Nc1ccc(CC2CCN(C3CCC(=O)CC3)C2=O)c(Cl)c1. The van der Waals surface area contributed by atoms with Gasteiger partial charge in [0.25, 0.3) is 0 Å². The van der Waals surface area contributed by atoms with E-state index in [1.165, 1.54) is 0 Å². The Morgan fingerprint density at radius 1 is 1.18 bits per heavy atom. The van der Waals surface area contributed by atoms with Gasteiger partial charge >= 0.3 is 0 Å². The molecule has 0 bridgehead atoms. The number of hydrogen-bond donors (Lipinski definition) is 1. The van der Waals surface area contributed by atoms with Crippen LogP contribution in [0.4, 0.5) is 5.69 Å². The van der Waals surface area contributed by atoms with Gasteiger partial charge in [-0.25, -0.2) is 0 Å². The van der Waals surface area contributed by atoms with Crippen LogP contribution < -0.4 is 5.73 Å². The second-order valence-electron chi connectivity index (χ2n) is 6.34. The highest BCUT2D eigenvalue weighted by Crippen LogP contribution is 2.31. The fourth-order valence-electron chi connectivity index (χ4n) is 3.55. The van der Waals surface area contributed by atoms with Crippen LogP contribution in [0, 0.1) is 5.92 Å². The molecule has 1 saturated heterocycles. The molecule has 3 rings (SSSR count). The molecule has 1 aliphatic heterocycles. The van der Waals surface area contributed by atoms with Crippen LogP contribution in [0.5, 0.6) is 0 Å². The average Bonchev–Trinajstić information content (AvgIpc) is 2.84. The third kappa shape index (κ3) is 3.12. The number of rotatable bonds is 3. The van der Waals surface area contributed by atoms with Crippen LogP contribution in [0.15, 0.2) is 18.2 Å². The van der Waals surface area contributed by atoms with E-state index < -0.39 is 0 Å². The summed E-state index contributed by atoms with van der Waals surface area (Å²) < 4.78 is 0. The Hall–Kier alpha value is -1.55. The molecular formula is C17H21ClN2O2. The molecule has 0 radical (unpaired) electrons. The van der Waals surface area contributed by atoms with E-state index in [0.717, 1.165) is 31.4 Å². The van der Waals surface area contributed by atoms with E-state index in [4.69, 9.17) is 17.3 Å². The Morgan fingerprint density at radius 2 is 1.91 bits per heavy atom. The van der Waals surface area contributed by atoms with Crippen molar-refractivity contribution in [1.82, 2.24) is 4.90 Å². The molecule has 1 aromatic rings. The number of nitrogens with two attached hydrogens (primary N) is 1. The number of carbonyl (C=O) groups excluding carboxylic acids is 2. The van der Waals surface area contributed by atoms with E-state index in [2.05, 4.69) is 0 Å². The summed E-state index contributed by atoms with van der Waals surface area (Å²) >= 11 is 6.21. The minimum Gasteiger partial charge on any atom is -0.399 e. The lowest BCUT2D eigenvalue weighted by molar-refractivity contribution is -0.135. The third-order valence-electron chi connectivity index (χ3n) is 4.85. The molecule has 1 atom stereocenters. The highest BCUT2D eigenvalue weighted by molar-refractivity contribution is 6.31. The van der Waals surface area contributed by atoms with Gasteiger partial charge in [-0.3, -0.25) is 9.59 Å². The fraction of sp³-hybridized carbons (Fsp3) is 0.529. The Morgan fingerprint density at radius 3 is 2.59 bits per heavy atom. The zero-order valence-electron chi connectivity index (χ0n) is 12.6. The van der Waals surface area contributed by atoms with Gasteiger partial charge in [-0.1, -0.05) is 17.7 Å². The Labute approximate surface area is 135 Å². The van der Waals surface area contributed by atoms with E-state index in [9.17, 15) is 9.59 Å². The molecule has 2 aliphatic rings. The Balaban J connectivity index is 1.65. The number of benzene rings is 1. The summed E-state index contributed by atoms with van der Waals surface area (Å²) in [5.74, 6) is 0.541. The molecule has 118 valence electrons. The van der Waals surface area contributed by atoms with Gasteiger partial charge < -0.3 is 10.6 Å². The van der Waals surface area contributed by atoms with E-state index >= 15 is 0 Å². The van der Waals surface area contributed by atoms with Crippen molar-refractivity contribution in [2.45, 2.75) is 44.6 Å². The number of likely N-dealkylation sites (tertiary alicyclic amines) is 1. The summed E-state index contributed by atoms with van der Waals surface area (Å²) in [6, 6.07) is 5.72. The summed E-state index contributed by atoms with van der Waals surface area (Å²) in [6.45, 7) is 0.801. The van der Waals surface area contributed by atoms with E-state index in [1.54, 1.807) is 6.07 Å². The second-order valence-corrected chi connectivity index (χ2v) is 6.75. The molecule has 1 saturated carbocycles. The number of amides is 1. The van der Waals surface area contributed by atoms with Gasteiger partial charge in [0.05, 0.1) is 0 Å². The number of ketones is 1. The van der Waals surface area contributed by atoms with Crippen LogP contribution in [0.2, 0.25) is 5.02 Å². The standard InChI is InChI=1S/C17H21ClN2O2/c18-16-10-13(19)2-1-11(16)9-12-7-8-20(17(12)22)14-3-5-15(21)6-4-14/h1-2,10,12,14H,3-9,19H2. The first-order valence-electron chi connectivity index (χ1n) is 7.90. The van der Waals surface area contributed by atoms with Crippen molar-refractivity contribution in [2.75, 3.05) is 12.3 Å². The maximum absolute atomic E-state index is 12.6. The first-order valence-corrected chi connectivity index (χ1v) is 8.28. The summed E-state index contributed by atoms with van der Waals surface area (Å²) in [6.07, 6.45) is 4.40. The smallest absolute Gasteiger partial charge is 0.226 e. The lowest BCUT2D eigenvalue weighted by atomic mass is 9.93. The second kappa shape index (κ2) is 6.29. The van der Waals surface area contributed by atoms with E-state index in [1.807, 2.05) is 17.0 Å². The largest absolute Gasteiger partial charge is 0.399 e. The molecule has 2 N–H and O–H groups in total. The van der Waals surface area contributed by atoms with Gasteiger partial charge in [0, 0.05) is 42.1 Å². The predicted octanol–water partition coefficient (Wildman–Crippen LogP) is 2.82. The van der Waals surface area contributed by atoms with Crippen molar-refractivity contribution in [3.63, 3.8) is 0 Å². The normalized spacial score (nSPS) is 23.3. The molecule has 4 nitrogen and oxygen atoms in total. The minimum atomic E-state index is -0.00116. The molecule has 0 spiro atoms. The molecule has 0 aromatic heterocycles. The monoisotopic (exact) mass is 320 g/mol. The first-order chi connectivity index (χ1) is 10.5. The molecule has 1 aromatic carbocycles. The van der Waals surface area contributed by atoms with Crippen molar-refractivity contribution in [3.8, 4) is 0 Å². The van der Waals surface area contributed by atoms with E-state index in [-0.39, 0.29) is 17.9 Å². The molecular weight excluding hydrogens is 300 g/mol. The summed E-state index contributed by atoms with van der Waals surface area (Å²) in [5.41, 5.74) is 7.33. The Bertz CT molecular complexity index is 592. The average molecular weight is 321 g/mol. The lowest BCUT2D eigenvalue weighted by Crippen LogP contribution is -2.40. The summed E-state index contributed by atoms with van der Waals surface area (Å²) in [5, 5.41) is 0.634. The third-order valence-corrected chi connectivity index (χ3v) is 5.20. The summed E-state index contributed by atoms with van der Waals surface area (Å²) in [4.78, 5) is 26.0. The van der Waals surface area contributed by atoms with E-state index in [0.29, 0.717) is 35.8 Å². The molecule has 1 heterocycles. The lowest BCUT2D eigenvalue weighted by Gasteiger charge is -2.30. The maximum Gasteiger partial charge on any atom is 0.226 e. The first kappa shape index (κ1) is 15.3. The molecule has 1 unspecified atom stereocenters. The Kier molecular flexibility index (Phi) is 4.39. The molecule has 1 aliphatic carbocycles. The topological polar surface area (TPSA) is 63.4 Å². The van der Waals surface area contributed by atoms with Crippen LogP contribution in [0.3, 0.4) is 0 Å². The van der Waals surface area contributed by atoms with Crippen LogP contribution in [-0.4, -0.2) is 29.2 Å². The number of carbonyl (C=O) groups is 2. The molecule has 5 heteroatoms. The highest BCUT2D eigenvalue weighted by Gasteiger charge is 2.37. The van der Waals surface area contributed by atoms with Crippen LogP contribution in [0.1, 0.15) is 37.7 Å². The summed E-state index contributed by atoms with van der Waals surface area (Å²) in [7, 11) is 0. The number of halogens is 1. The number of nitrogen functional groups attached to an aromatic ring is 1. The fourth-order valence-corrected chi connectivity index (χ4v) is 3.81. The number of anilines is 1. The van der Waals surface area contributed by atoms with Gasteiger partial charge in [-0.15, -0.1) is 0 Å². The van der Waals surface area contributed by atoms with Crippen LogP contribution >= 0.6 is 11.6 Å².